The van der Waals surface area contributed by atoms with Crippen LogP contribution in [-0.2, 0) is 16.4 Å². The number of hydrogen-bond acceptors (Lipinski definition) is 4. The van der Waals surface area contributed by atoms with Crippen molar-refractivity contribution in [3.05, 3.63) is 83.9 Å². The van der Waals surface area contributed by atoms with Gasteiger partial charge in [0.15, 0.2) is 0 Å². The smallest absolute Gasteiger partial charge is 0.319 e. The molecule has 2 N–H and O–H groups in total. The Morgan fingerprint density at radius 3 is 2.50 bits per heavy atom. The van der Waals surface area contributed by atoms with Crippen molar-refractivity contribution in [2.24, 2.45) is 0 Å². The fourth-order valence-corrected chi connectivity index (χ4v) is 4.10. The van der Waals surface area contributed by atoms with Crippen molar-refractivity contribution in [3.63, 3.8) is 0 Å². The van der Waals surface area contributed by atoms with Gasteiger partial charge in [0.25, 0.3) is 0 Å². The minimum Gasteiger partial charge on any atom is -0.334 e. The highest BCUT2D eigenvalue weighted by Crippen LogP contribution is 2.25. The molecule has 0 unspecified atom stereocenters. The van der Waals surface area contributed by atoms with Crippen LogP contribution in [0.3, 0.4) is 0 Å². The van der Waals surface area contributed by atoms with E-state index in [4.69, 9.17) is 0 Å². The number of pyridine rings is 1. The number of amides is 2. The van der Waals surface area contributed by atoms with E-state index in [1.165, 1.54) is 36.4 Å². The van der Waals surface area contributed by atoms with E-state index < -0.39 is 21.7 Å². The van der Waals surface area contributed by atoms with Gasteiger partial charge in [-0.2, -0.15) is 0 Å². The van der Waals surface area contributed by atoms with Gasteiger partial charge in [0.1, 0.15) is 5.82 Å². The standard InChI is InChI=1S/C20H18FN3O3S/c1-14-11-16(21)4-9-19(14)28(26,27)18-7-5-17(6-8-18)24-20(25)23-13-15-3-2-10-22-12-15/h2-12H,13H2,1H3,(H2,23,24,25). The van der Waals surface area contributed by atoms with Gasteiger partial charge in [0, 0.05) is 24.6 Å². The Morgan fingerprint density at radius 2 is 1.86 bits per heavy atom. The molecular weight excluding hydrogens is 381 g/mol. The Bertz CT molecular complexity index is 1090. The Kier molecular flexibility index (Phi) is 5.70. The number of carbonyl (C=O) groups excluding carboxylic acids is 1. The molecular formula is C20H18FN3O3S. The first-order valence-electron chi connectivity index (χ1n) is 8.41. The lowest BCUT2D eigenvalue weighted by molar-refractivity contribution is 0.251. The number of hydrogen-bond donors (Lipinski definition) is 2. The second-order valence-corrected chi connectivity index (χ2v) is 8.02. The van der Waals surface area contributed by atoms with Gasteiger partial charge in [-0.25, -0.2) is 17.6 Å². The van der Waals surface area contributed by atoms with Crippen LogP contribution in [0.2, 0.25) is 0 Å². The molecule has 0 radical (unpaired) electrons. The summed E-state index contributed by atoms with van der Waals surface area (Å²) in [5.41, 5.74) is 1.63. The highest BCUT2D eigenvalue weighted by atomic mass is 32.2. The molecule has 2 aromatic carbocycles. The van der Waals surface area contributed by atoms with Crippen LogP contribution in [0, 0.1) is 12.7 Å². The van der Waals surface area contributed by atoms with Crippen molar-refractivity contribution < 1.29 is 17.6 Å². The van der Waals surface area contributed by atoms with Crippen molar-refractivity contribution in [2.45, 2.75) is 23.3 Å². The number of rotatable bonds is 5. The maximum Gasteiger partial charge on any atom is 0.319 e. The van der Waals surface area contributed by atoms with Crippen LogP contribution in [0.1, 0.15) is 11.1 Å². The summed E-state index contributed by atoms with van der Waals surface area (Å²) in [6.45, 7) is 1.86. The zero-order chi connectivity index (χ0) is 20.1. The van der Waals surface area contributed by atoms with Crippen LogP contribution < -0.4 is 10.6 Å². The number of halogens is 1. The average Bonchev–Trinajstić information content (AvgIpc) is 2.67. The van der Waals surface area contributed by atoms with E-state index in [0.29, 0.717) is 17.8 Å². The van der Waals surface area contributed by atoms with E-state index in [1.807, 2.05) is 6.07 Å². The van der Waals surface area contributed by atoms with E-state index in [9.17, 15) is 17.6 Å². The normalized spacial score (nSPS) is 11.1. The zero-order valence-electron chi connectivity index (χ0n) is 15.0. The van der Waals surface area contributed by atoms with Crippen LogP contribution in [0.25, 0.3) is 0 Å². The summed E-state index contributed by atoms with van der Waals surface area (Å²) in [6, 6.07) is 12.5. The lowest BCUT2D eigenvalue weighted by atomic mass is 10.2. The minimum atomic E-state index is -3.78. The second-order valence-electron chi connectivity index (χ2n) is 6.11. The van der Waals surface area contributed by atoms with Gasteiger partial charge in [-0.3, -0.25) is 4.98 Å². The molecule has 0 aliphatic heterocycles. The number of nitrogens with one attached hydrogen (secondary N) is 2. The number of aromatic nitrogens is 1. The maximum atomic E-state index is 13.2. The molecule has 0 fully saturated rings. The summed E-state index contributed by atoms with van der Waals surface area (Å²) in [6.07, 6.45) is 3.30. The zero-order valence-corrected chi connectivity index (χ0v) is 15.8. The summed E-state index contributed by atoms with van der Waals surface area (Å²) in [5.74, 6) is -0.492. The molecule has 0 saturated heterocycles. The molecule has 144 valence electrons. The summed E-state index contributed by atoms with van der Waals surface area (Å²) in [4.78, 5) is 16.0. The molecule has 0 spiro atoms. The predicted molar refractivity (Wildman–Crippen MR) is 103 cm³/mol. The number of urea groups is 1. The molecule has 3 aromatic rings. The third-order valence-corrected chi connectivity index (χ3v) is 5.95. The van der Waals surface area contributed by atoms with Gasteiger partial charge in [0.2, 0.25) is 9.84 Å². The van der Waals surface area contributed by atoms with Crippen molar-refractivity contribution >= 4 is 21.6 Å². The van der Waals surface area contributed by atoms with E-state index in [-0.39, 0.29) is 9.79 Å². The number of benzene rings is 2. The second kappa shape index (κ2) is 8.18. The van der Waals surface area contributed by atoms with E-state index in [0.717, 1.165) is 11.6 Å². The third-order valence-electron chi connectivity index (χ3n) is 4.02. The Labute approximate surface area is 162 Å². The van der Waals surface area contributed by atoms with Crippen LogP contribution in [0.5, 0.6) is 0 Å². The Balaban J connectivity index is 1.68. The fraction of sp³-hybridized carbons (Fsp3) is 0.100. The molecule has 1 heterocycles. The quantitative estimate of drug-likeness (QED) is 0.641. The highest BCUT2D eigenvalue weighted by Gasteiger charge is 2.20. The number of nitrogens with zero attached hydrogens (tertiary/aromatic N) is 1. The molecule has 8 heteroatoms. The van der Waals surface area contributed by atoms with E-state index in [2.05, 4.69) is 15.6 Å². The molecule has 1 aromatic heterocycles. The van der Waals surface area contributed by atoms with Crippen molar-refractivity contribution in [3.8, 4) is 0 Å². The molecule has 0 bridgehead atoms. The van der Waals surface area contributed by atoms with Gasteiger partial charge >= 0.3 is 6.03 Å². The lowest BCUT2D eigenvalue weighted by Crippen LogP contribution is -2.28. The molecule has 0 aliphatic rings. The highest BCUT2D eigenvalue weighted by molar-refractivity contribution is 7.91. The summed E-state index contributed by atoms with van der Waals surface area (Å²) in [5, 5.41) is 5.32. The molecule has 6 nitrogen and oxygen atoms in total. The number of aryl methyl sites for hydroxylation is 1. The summed E-state index contributed by atoms with van der Waals surface area (Å²) >= 11 is 0. The third kappa shape index (κ3) is 4.52. The van der Waals surface area contributed by atoms with E-state index >= 15 is 0 Å². The predicted octanol–water partition coefficient (Wildman–Crippen LogP) is 3.68. The molecule has 0 atom stereocenters. The minimum absolute atomic E-state index is 0.0452. The van der Waals surface area contributed by atoms with Gasteiger partial charge in [0.05, 0.1) is 9.79 Å². The Hall–Kier alpha value is -3.26. The van der Waals surface area contributed by atoms with Crippen molar-refractivity contribution in [1.29, 1.82) is 0 Å². The first-order chi connectivity index (χ1) is 13.4. The molecule has 28 heavy (non-hydrogen) atoms. The number of carbonyl (C=O) groups is 1. The van der Waals surface area contributed by atoms with Crippen molar-refractivity contribution in [2.75, 3.05) is 5.32 Å². The number of anilines is 1. The Morgan fingerprint density at radius 1 is 1.11 bits per heavy atom. The fourth-order valence-electron chi connectivity index (χ4n) is 2.62. The number of sulfone groups is 1. The largest absolute Gasteiger partial charge is 0.334 e. The van der Waals surface area contributed by atoms with Crippen LogP contribution in [0.4, 0.5) is 14.9 Å². The SMILES string of the molecule is Cc1cc(F)ccc1S(=O)(=O)c1ccc(NC(=O)NCc2cccnc2)cc1. The molecule has 2 amide bonds. The summed E-state index contributed by atoms with van der Waals surface area (Å²) in [7, 11) is -3.78. The molecule has 3 rings (SSSR count). The molecule has 0 aliphatic carbocycles. The van der Waals surface area contributed by atoms with Gasteiger partial charge in [-0.1, -0.05) is 6.07 Å². The summed E-state index contributed by atoms with van der Waals surface area (Å²) < 4.78 is 38.7. The van der Waals surface area contributed by atoms with Crippen LogP contribution in [-0.4, -0.2) is 19.4 Å². The van der Waals surface area contributed by atoms with Crippen molar-refractivity contribution in [1.82, 2.24) is 10.3 Å². The van der Waals surface area contributed by atoms with Gasteiger partial charge in [-0.05, 0) is 66.6 Å². The van der Waals surface area contributed by atoms with Crippen LogP contribution in [0.15, 0.2) is 76.8 Å². The average molecular weight is 399 g/mol. The first-order valence-corrected chi connectivity index (χ1v) is 9.89. The monoisotopic (exact) mass is 399 g/mol. The lowest BCUT2D eigenvalue weighted by Gasteiger charge is -2.10. The maximum absolute atomic E-state index is 13.2. The molecule has 0 saturated carbocycles. The van der Waals surface area contributed by atoms with Gasteiger partial charge < -0.3 is 10.6 Å². The van der Waals surface area contributed by atoms with E-state index in [1.54, 1.807) is 25.4 Å². The topological polar surface area (TPSA) is 88.2 Å². The first kappa shape index (κ1) is 19.5. The van der Waals surface area contributed by atoms with Crippen LogP contribution >= 0.6 is 0 Å². The van der Waals surface area contributed by atoms with Gasteiger partial charge in [-0.15, -0.1) is 0 Å².